The first-order valence-corrected chi connectivity index (χ1v) is 37.4. The van der Waals surface area contributed by atoms with Gasteiger partial charge >= 0.3 is 0 Å². The predicted octanol–water partition coefficient (Wildman–Crippen LogP) is 15.0. The number of benzene rings is 15. The van der Waals surface area contributed by atoms with Gasteiger partial charge in [-0.1, -0.05) is 334 Å². The van der Waals surface area contributed by atoms with Crippen molar-refractivity contribution in [3.63, 3.8) is 0 Å². The summed E-state index contributed by atoms with van der Waals surface area (Å²) >= 11 is 0. The number of hydrogen-bond acceptors (Lipinski definition) is 2. The molecule has 0 amide bonds. The van der Waals surface area contributed by atoms with Crippen LogP contribution in [0.5, 0.6) is 0 Å². The van der Waals surface area contributed by atoms with E-state index in [1.165, 1.54) is 91.0 Å². The number of fused-ring (bicyclic) bond motifs is 7. The zero-order valence-corrected chi connectivity index (χ0v) is 54.9. The van der Waals surface area contributed by atoms with Crippen LogP contribution in [-0.4, -0.2) is 27.4 Å². The Labute approximate surface area is 563 Å². The molecule has 18 rings (SSSR count). The van der Waals surface area contributed by atoms with Crippen LogP contribution >= 0.6 is 0 Å². The number of rotatable bonds is 13. The molecule has 0 spiro atoms. The molecule has 450 valence electrons. The van der Waals surface area contributed by atoms with Gasteiger partial charge in [0, 0.05) is 50.5 Å². The van der Waals surface area contributed by atoms with Crippen LogP contribution in [0.25, 0.3) is 49.7 Å². The smallest absolute Gasteiger partial charge is 0.252 e. The number of hydrogen-bond donors (Lipinski definition) is 0. The molecule has 0 atom stereocenters. The van der Waals surface area contributed by atoms with Crippen molar-refractivity contribution in [2.45, 2.75) is 0 Å². The van der Waals surface area contributed by atoms with E-state index in [1.807, 2.05) is 0 Å². The fourth-order valence-corrected chi connectivity index (χ4v) is 26.1. The van der Waals surface area contributed by atoms with E-state index in [1.54, 1.807) is 0 Å². The standard InChI is InChI=1S/C90H64BN3Si2/c1-9-33-65(34-10-1)78-55-32-60-85-88(78)91-82-57-31-56-79(66-35-11-2-12-36-66)90(82)94(68-38-30-52-77(62-68)96(73-45-19-6-20-46-73,74-47-21-7-22-48-74)75-49-23-8-24-50-75)87-64-69(93-83-58-27-25-53-80(83)81-54-26-28-59-84(81)93)63-86(89(87)91)92(85)67-37-29-51-76(61-67)95(70-39-13-3-14-40-70,71-41-15-4-16-42-71)72-43-17-5-18-44-72/h1-64H. The number of anilines is 6. The van der Waals surface area contributed by atoms with Crippen LogP contribution in [0, 0.1) is 0 Å². The summed E-state index contributed by atoms with van der Waals surface area (Å²) in [5, 5.41) is 13.0. The first kappa shape index (κ1) is 56.9. The van der Waals surface area contributed by atoms with Gasteiger partial charge in [-0.3, -0.25) is 0 Å². The molecule has 96 heavy (non-hydrogen) atoms. The van der Waals surface area contributed by atoms with Gasteiger partial charge in [-0.25, -0.2) is 0 Å². The molecule has 15 aromatic carbocycles. The van der Waals surface area contributed by atoms with Crippen LogP contribution in [-0.2, 0) is 0 Å². The Morgan fingerprint density at radius 3 is 1.02 bits per heavy atom. The Hall–Kier alpha value is -11.8. The minimum Gasteiger partial charge on any atom is -0.311 e. The first-order valence-electron chi connectivity index (χ1n) is 33.4. The molecular formula is C90H64BN3Si2. The molecule has 0 saturated carbocycles. The SMILES string of the molecule is c1ccc(-c2cccc3c2B2c4cccc(-c5ccccc5)c4N(c4cccc([Si](c5ccccc5)(c5ccccc5)c5ccccc5)c4)c4cc(-n5c6ccccc6c6ccccc65)cc(c42)N3c2cccc([Si](c3ccccc3)(c3ccccc3)c3ccccc3)c2)cc1. The van der Waals surface area contributed by atoms with Crippen LogP contribution in [0.15, 0.2) is 388 Å². The molecule has 0 bridgehead atoms. The van der Waals surface area contributed by atoms with Crippen molar-refractivity contribution in [3.8, 4) is 27.9 Å². The molecule has 3 nitrogen and oxygen atoms in total. The molecule has 0 N–H and O–H groups in total. The Balaban J connectivity index is 0.995. The molecule has 2 aliphatic heterocycles. The molecule has 0 unspecified atom stereocenters. The molecule has 0 radical (unpaired) electrons. The van der Waals surface area contributed by atoms with Crippen LogP contribution in [0.2, 0.25) is 0 Å². The lowest BCUT2D eigenvalue weighted by molar-refractivity contribution is 1.16. The number of para-hydroxylation sites is 3. The average Bonchev–Trinajstić information content (AvgIpc) is 0.789. The monoisotopic (exact) mass is 1250 g/mol. The van der Waals surface area contributed by atoms with E-state index in [9.17, 15) is 0 Å². The van der Waals surface area contributed by atoms with Crippen LogP contribution in [0.1, 0.15) is 0 Å². The van der Waals surface area contributed by atoms with Gasteiger partial charge in [-0.05, 0) is 129 Å². The molecule has 1 aromatic heterocycles. The molecule has 6 heteroatoms. The van der Waals surface area contributed by atoms with Crippen LogP contribution in [0.4, 0.5) is 34.1 Å². The molecule has 16 aromatic rings. The zero-order chi connectivity index (χ0) is 63.6. The summed E-state index contributed by atoms with van der Waals surface area (Å²) in [7, 11) is -6.12. The van der Waals surface area contributed by atoms with E-state index in [0.29, 0.717) is 0 Å². The highest BCUT2D eigenvalue weighted by Gasteiger charge is 2.48. The molecular weight excluding hydrogens is 1190 g/mol. The normalized spacial score (nSPS) is 12.5. The highest BCUT2D eigenvalue weighted by atomic mass is 28.3. The number of aromatic nitrogens is 1. The second-order valence-corrected chi connectivity index (χ2v) is 33.0. The summed E-state index contributed by atoms with van der Waals surface area (Å²) in [6, 6.07) is 147. The van der Waals surface area contributed by atoms with Gasteiger partial charge in [0.15, 0.2) is 16.1 Å². The van der Waals surface area contributed by atoms with Gasteiger partial charge in [-0.15, -0.1) is 0 Å². The minimum atomic E-state index is -3.07. The van der Waals surface area contributed by atoms with Gasteiger partial charge in [0.25, 0.3) is 6.71 Å². The Bertz CT molecular complexity index is 5290. The van der Waals surface area contributed by atoms with Crippen molar-refractivity contribution >= 4 is 137 Å². The van der Waals surface area contributed by atoms with Crippen molar-refractivity contribution < 1.29 is 0 Å². The summed E-state index contributed by atoms with van der Waals surface area (Å²) in [4.78, 5) is 5.33. The Morgan fingerprint density at radius 2 is 0.573 bits per heavy atom. The van der Waals surface area contributed by atoms with Crippen molar-refractivity contribution in [1.29, 1.82) is 0 Å². The van der Waals surface area contributed by atoms with Gasteiger partial charge in [0.05, 0.1) is 16.7 Å². The molecule has 0 aliphatic carbocycles. The summed E-state index contributed by atoms with van der Waals surface area (Å²) in [6.45, 7) is -0.219. The first-order chi connectivity index (χ1) is 47.7. The van der Waals surface area contributed by atoms with Gasteiger partial charge in [-0.2, -0.15) is 0 Å². The lowest BCUT2D eigenvalue weighted by atomic mass is 9.32. The predicted molar refractivity (Wildman–Crippen MR) is 413 cm³/mol. The summed E-state index contributed by atoms with van der Waals surface area (Å²) in [5.41, 5.74) is 18.7. The molecule has 3 heterocycles. The maximum absolute atomic E-state index is 3.07. The third-order valence-corrected chi connectivity index (χ3v) is 30.0. The zero-order valence-electron chi connectivity index (χ0n) is 52.9. The van der Waals surface area contributed by atoms with Gasteiger partial charge in [0.1, 0.15) is 0 Å². The molecule has 0 fully saturated rings. The lowest BCUT2D eigenvalue weighted by Crippen LogP contribution is -2.74. The molecule has 2 aliphatic rings. The summed E-state index contributed by atoms with van der Waals surface area (Å²) in [6.07, 6.45) is 0. The summed E-state index contributed by atoms with van der Waals surface area (Å²) < 4.78 is 2.53. The average molecular weight is 1250 g/mol. The largest absolute Gasteiger partial charge is 0.311 e. The van der Waals surface area contributed by atoms with E-state index in [2.05, 4.69) is 403 Å². The number of nitrogens with zero attached hydrogens (tertiary/aromatic N) is 3. The van der Waals surface area contributed by atoms with E-state index < -0.39 is 16.1 Å². The van der Waals surface area contributed by atoms with E-state index >= 15 is 0 Å². The van der Waals surface area contributed by atoms with Crippen molar-refractivity contribution in [3.05, 3.63) is 388 Å². The quantitative estimate of drug-likeness (QED) is 0.0842. The van der Waals surface area contributed by atoms with Crippen molar-refractivity contribution in [2.75, 3.05) is 9.80 Å². The molecule has 0 saturated heterocycles. The van der Waals surface area contributed by atoms with Gasteiger partial charge in [0.2, 0.25) is 0 Å². The van der Waals surface area contributed by atoms with E-state index in [4.69, 9.17) is 0 Å². The minimum absolute atomic E-state index is 0.219. The lowest BCUT2D eigenvalue weighted by Gasteiger charge is -2.46. The van der Waals surface area contributed by atoms with Crippen LogP contribution in [0.3, 0.4) is 0 Å². The van der Waals surface area contributed by atoms with Crippen molar-refractivity contribution in [2.24, 2.45) is 0 Å². The van der Waals surface area contributed by atoms with Crippen LogP contribution < -0.4 is 67.7 Å². The Kier molecular flexibility index (Phi) is 14.0. The topological polar surface area (TPSA) is 11.4 Å². The van der Waals surface area contributed by atoms with Gasteiger partial charge < -0.3 is 14.4 Å². The third-order valence-electron chi connectivity index (χ3n) is 20.4. The van der Waals surface area contributed by atoms with E-state index in [-0.39, 0.29) is 6.71 Å². The highest BCUT2D eigenvalue weighted by molar-refractivity contribution is 7.20. The van der Waals surface area contributed by atoms with Crippen molar-refractivity contribution in [1.82, 2.24) is 4.57 Å². The second kappa shape index (κ2) is 23.6. The second-order valence-electron chi connectivity index (χ2n) is 25.4. The van der Waals surface area contributed by atoms with E-state index in [0.717, 1.165) is 50.7 Å². The highest BCUT2D eigenvalue weighted by Crippen LogP contribution is 2.49. The maximum Gasteiger partial charge on any atom is 0.252 e. The fraction of sp³-hybridized carbons (Fsp3) is 0. The summed E-state index contributed by atoms with van der Waals surface area (Å²) in [5.74, 6) is 0. The Morgan fingerprint density at radius 1 is 0.229 bits per heavy atom. The maximum atomic E-state index is 2.68. The third kappa shape index (κ3) is 8.94. The fourth-order valence-electron chi connectivity index (χ4n) is 16.6.